The van der Waals surface area contributed by atoms with Gasteiger partial charge in [0.25, 0.3) is 0 Å². The normalized spacial score (nSPS) is 12.8. The quantitative estimate of drug-likeness (QED) is 0.573. The van der Waals surface area contributed by atoms with E-state index in [2.05, 4.69) is 0 Å². The topological polar surface area (TPSA) is 59.0 Å². The Hall–Kier alpha value is -0.650. The van der Waals surface area contributed by atoms with Crippen molar-refractivity contribution in [1.29, 1.82) is 0 Å². The van der Waals surface area contributed by atoms with Gasteiger partial charge in [-0.15, -0.1) is 0 Å². The molecule has 0 aromatic rings. The summed E-state index contributed by atoms with van der Waals surface area (Å²) < 4.78 is 9.90. The van der Waals surface area contributed by atoms with Gasteiger partial charge in [0.15, 0.2) is 0 Å². The third-order valence-electron chi connectivity index (χ3n) is 2.25. The highest BCUT2D eigenvalue weighted by Gasteiger charge is 2.17. The van der Waals surface area contributed by atoms with Crippen molar-refractivity contribution in [3.63, 3.8) is 0 Å². The van der Waals surface area contributed by atoms with Crippen LogP contribution in [0.1, 0.15) is 13.8 Å². The molecule has 5 heteroatoms. The summed E-state index contributed by atoms with van der Waals surface area (Å²) in [4.78, 5) is 13.4. The van der Waals surface area contributed by atoms with Crippen LogP contribution in [0.5, 0.6) is 0 Å². The maximum atomic E-state index is 11.4. The molecule has 0 radical (unpaired) electrons. The molecule has 0 fully saturated rings. The third-order valence-corrected chi connectivity index (χ3v) is 2.25. The highest BCUT2D eigenvalue weighted by Crippen LogP contribution is 2.02. The zero-order chi connectivity index (χ0) is 12.4. The molecule has 0 aliphatic heterocycles. The summed E-state index contributed by atoms with van der Waals surface area (Å²) in [5, 5.41) is 8.89. The Morgan fingerprint density at radius 1 is 1.44 bits per heavy atom. The first-order chi connectivity index (χ1) is 7.65. The summed E-state index contributed by atoms with van der Waals surface area (Å²) in [7, 11) is 1.63. The van der Waals surface area contributed by atoms with Gasteiger partial charge in [-0.3, -0.25) is 9.69 Å². The summed E-state index contributed by atoms with van der Waals surface area (Å²) >= 11 is 0. The van der Waals surface area contributed by atoms with E-state index >= 15 is 0 Å². The SMILES string of the molecule is CCOC(=O)C(C)CN(CCO)CCOC. The van der Waals surface area contributed by atoms with Gasteiger partial charge in [-0.2, -0.15) is 0 Å². The number of aliphatic hydroxyl groups is 1. The van der Waals surface area contributed by atoms with E-state index in [1.54, 1.807) is 14.0 Å². The number of methoxy groups -OCH3 is 1. The number of rotatable bonds is 9. The second-order valence-electron chi connectivity index (χ2n) is 3.67. The maximum absolute atomic E-state index is 11.4. The molecule has 1 atom stereocenters. The van der Waals surface area contributed by atoms with Gasteiger partial charge in [-0.1, -0.05) is 6.92 Å². The molecular formula is C11H23NO4. The van der Waals surface area contributed by atoms with Crippen molar-refractivity contribution in [2.75, 3.05) is 46.6 Å². The lowest BCUT2D eigenvalue weighted by molar-refractivity contribution is -0.148. The maximum Gasteiger partial charge on any atom is 0.309 e. The van der Waals surface area contributed by atoms with Crippen molar-refractivity contribution in [2.45, 2.75) is 13.8 Å². The zero-order valence-corrected chi connectivity index (χ0v) is 10.4. The minimum atomic E-state index is -0.192. The van der Waals surface area contributed by atoms with Gasteiger partial charge in [0.1, 0.15) is 0 Å². The van der Waals surface area contributed by atoms with Crippen molar-refractivity contribution in [3.8, 4) is 0 Å². The number of hydrogen-bond acceptors (Lipinski definition) is 5. The fraction of sp³-hybridized carbons (Fsp3) is 0.909. The summed E-state index contributed by atoms with van der Waals surface area (Å²) in [6.45, 7) is 6.54. The van der Waals surface area contributed by atoms with Gasteiger partial charge in [-0.25, -0.2) is 0 Å². The Kier molecular flexibility index (Phi) is 9.18. The van der Waals surface area contributed by atoms with E-state index in [-0.39, 0.29) is 18.5 Å². The highest BCUT2D eigenvalue weighted by atomic mass is 16.5. The van der Waals surface area contributed by atoms with Crippen molar-refractivity contribution >= 4 is 5.97 Å². The molecule has 0 saturated heterocycles. The summed E-state index contributed by atoms with van der Waals surface area (Å²) in [6.07, 6.45) is 0. The average molecular weight is 233 g/mol. The molecule has 5 nitrogen and oxygen atoms in total. The van der Waals surface area contributed by atoms with Crippen LogP contribution >= 0.6 is 0 Å². The first-order valence-corrected chi connectivity index (χ1v) is 5.64. The number of carbonyl (C=O) groups excluding carboxylic acids is 1. The van der Waals surface area contributed by atoms with Crippen molar-refractivity contribution < 1.29 is 19.4 Å². The van der Waals surface area contributed by atoms with E-state index in [0.717, 1.165) is 0 Å². The van der Waals surface area contributed by atoms with E-state index in [4.69, 9.17) is 14.6 Å². The molecule has 1 unspecified atom stereocenters. The number of ether oxygens (including phenoxy) is 2. The smallest absolute Gasteiger partial charge is 0.309 e. The van der Waals surface area contributed by atoms with Gasteiger partial charge in [0.05, 0.1) is 25.7 Å². The molecule has 0 aliphatic carbocycles. The van der Waals surface area contributed by atoms with Gasteiger partial charge in [0.2, 0.25) is 0 Å². The van der Waals surface area contributed by atoms with E-state index in [9.17, 15) is 4.79 Å². The van der Waals surface area contributed by atoms with Crippen molar-refractivity contribution in [3.05, 3.63) is 0 Å². The molecule has 0 bridgehead atoms. The summed E-state index contributed by atoms with van der Waals surface area (Å²) in [6, 6.07) is 0. The van der Waals surface area contributed by atoms with Crippen LogP contribution in [0.15, 0.2) is 0 Å². The number of hydrogen-bond donors (Lipinski definition) is 1. The first kappa shape index (κ1) is 15.3. The molecule has 1 N–H and O–H groups in total. The predicted molar refractivity (Wildman–Crippen MR) is 61.2 cm³/mol. The van der Waals surface area contributed by atoms with Crippen molar-refractivity contribution in [2.24, 2.45) is 5.92 Å². The van der Waals surface area contributed by atoms with Gasteiger partial charge >= 0.3 is 5.97 Å². The molecule has 0 aromatic heterocycles. The summed E-state index contributed by atoms with van der Waals surface area (Å²) in [5.74, 6) is -0.369. The average Bonchev–Trinajstić information content (AvgIpc) is 2.26. The van der Waals surface area contributed by atoms with E-state index in [1.807, 2.05) is 11.8 Å². The molecule has 0 rings (SSSR count). The lowest BCUT2D eigenvalue weighted by Gasteiger charge is -2.23. The van der Waals surface area contributed by atoms with Crippen LogP contribution in [0.25, 0.3) is 0 Å². The zero-order valence-electron chi connectivity index (χ0n) is 10.4. The van der Waals surface area contributed by atoms with Crippen molar-refractivity contribution in [1.82, 2.24) is 4.90 Å². The van der Waals surface area contributed by atoms with Gasteiger partial charge < -0.3 is 14.6 Å². The molecule has 0 aromatic carbocycles. The molecule has 0 saturated carbocycles. The van der Waals surface area contributed by atoms with E-state index < -0.39 is 0 Å². The lowest BCUT2D eigenvalue weighted by Crippen LogP contribution is -2.36. The van der Waals surface area contributed by atoms with Gasteiger partial charge in [-0.05, 0) is 6.92 Å². The number of nitrogens with zero attached hydrogens (tertiary/aromatic N) is 1. The molecule has 0 aliphatic rings. The van der Waals surface area contributed by atoms with Crippen LogP contribution < -0.4 is 0 Å². The minimum Gasteiger partial charge on any atom is -0.466 e. The molecule has 0 heterocycles. The number of carbonyl (C=O) groups is 1. The molecular weight excluding hydrogens is 210 g/mol. The molecule has 0 spiro atoms. The third kappa shape index (κ3) is 6.76. The monoisotopic (exact) mass is 233 g/mol. The predicted octanol–water partition coefficient (Wildman–Crippen LogP) is 0.126. The highest BCUT2D eigenvalue weighted by molar-refractivity contribution is 5.72. The molecule has 16 heavy (non-hydrogen) atoms. The summed E-state index contributed by atoms with van der Waals surface area (Å²) in [5.41, 5.74) is 0. The van der Waals surface area contributed by atoms with Crippen LogP contribution in [0.2, 0.25) is 0 Å². The van der Waals surface area contributed by atoms with E-state index in [1.165, 1.54) is 0 Å². The Bertz CT molecular complexity index is 187. The second-order valence-corrected chi connectivity index (χ2v) is 3.67. The molecule has 0 amide bonds. The van der Waals surface area contributed by atoms with Crippen LogP contribution in [-0.2, 0) is 14.3 Å². The fourth-order valence-electron chi connectivity index (χ4n) is 1.40. The first-order valence-electron chi connectivity index (χ1n) is 5.64. The largest absolute Gasteiger partial charge is 0.466 e. The Morgan fingerprint density at radius 3 is 2.62 bits per heavy atom. The van der Waals surface area contributed by atoms with Crippen LogP contribution in [-0.4, -0.2) is 62.5 Å². The standard InChI is InChI=1S/C11H23NO4/c1-4-16-11(14)10(2)9-12(5-7-13)6-8-15-3/h10,13H,4-9H2,1-3H3. The van der Waals surface area contributed by atoms with Gasteiger partial charge in [0, 0.05) is 26.7 Å². The minimum absolute atomic E-state index is 0.0826. The Balaban J connectivity index is 4.00. The van der Waals surface area contributed by atoms with Crippen LogP contribution in [0.3, 0.4) is 0 Å². The Labute approximate surface area is 97.3 Å². The van der Waals surface area contributed by atoms with Crippen LogP contribution in [0.4, 0.5) is 0 Å². The fourth-order valence-corrected chi connectivity index (χ4v) is 1.40. The van der Waals surface area contributed by atoms with Crippen LogP contribution in [0, 0.1) is 5.92 Å². The number of aliphatic hydroxyl groups excluding tert-OH is 1. The molecule has 96 valence electrons. The van der Waals surface area contributed by atoms with E-state index in [0.29, 0.717) is 32.8 Å². The second kappa shape index (κ2) is 9.57. The lowest BCUT2D eigenvalue weighted by atomic mass is 10.1. The number of esters is 1. The Morgan fingerprint density at radius 2 is 2.12 bits per heavy atom.